The van der Waals surface area contributed by atoms with Crippen molar-refractivity contribution in [3.8, 4) is 11.3 Å². The predicted octanol–water partition coefficient (Wildman–Crippen LogP) is 1.49. The highest BCUT2D eigenvalue weighted by Gasteiger charge is 2.41. The van der Waals surface area contributed by atoms with Crippen LogP contribution in [-0.2, 0) is 11.3 Å². The minimum absolute atomic E-state index is 0.0562. The molecule has 4 rings (SSSR count). The first-order valence-electron chi connectivity index (χ1n) is 9.78. The highest BCUT2D eigenvalue weighted by atomic mass is 35.5. The molecule has 1 fully saturated rings. The van der Waals surface area contributed by atoms with Crippen molar-refractivity contribution < 1.29 is 24.5 Å². The number of nitrogens with zero attached hydrogens (tertiary/aromatic N) is 3. The first-order valence-corrected chi connectivity index (χ1v) is 10.2. The molecule has 1 aliphatic carbocycles. The van der Waals surface area contributed by atoms with Crippen molar-refractivity contribution in [2.24, 2.45) is 5.92 Å². The van der Waals surface area contributed by atoms with Crippen LogP contribution in [0.25, 0.3) is 22.3 Å². The third-order valence-corrected chi connectivity index (χ3v) is 5.78. The lowest BCUT2D eigenvalue weighted by Crippen LogP contribution is -2.35. The van der Waals surface area contributed by atoms with Gasteiger partial charge in [-0.3, -0.25) is 4.98 Å². The number of furan rings is 1. The number of methoxy groups -OCH3 is 1. The molecule has 0 bridgehead atoms. The molecule has 166 valence electrons. The van der Waals surface area contributed by atoms with Crippen LogP contribution in [0.3, 0.4) is 0 Å². The van der Waals surface area contributed by atoms with E-state index in [2.05, 4.69) is 20.3 Å². The van der Waals surface area contributed by atoms with Gasteiger partial charge in [-0.1, -0.05) is 11.6 Å². The van der Waals surface area contributed by atoms with Crippen LogP contribution in [-0.4, -0.2) is 62.2 Å². The van der Waals surface area contributed by atoms with Crippen molar-refractivity contribution in [2.45, 2.75) is 38.2 Å². The van der Waals surface area contributed by atoms with E-state index in [4.69, 9.17) is 26.5 Å². The Hall–Kier alpha value is -2.50. The van der Waals surface area contributed by atoms with Gasteiger partial charge >= 0.3 is 0 Å². The number of aliphatic hydroxyl groups is 3. The van der Waals surface area contributed by atoms with Gasteiger partial charge in [-0.05, 0) is 25.5 Å². The van der Waals surface area contributed by atoms with Gasteiger partial charge in [-0.25, -0.2) is 4.98 Å². The molecule has 0 aliphatic heterocycles. The number of aliphatic hydroxyl groups excluding tert-OH is 3. The Bertz CT molecular complexity index is 1110. The molecule has 1 aliphatic rings. The highest BCUT2D eigenvalue weighted by molar-refractivity contribution is 6.32. The van der Waals surface area contributed by atoms with Crippen molar-refractivity contribution in [3.05, 3.63) is 28.7 Å². The van der Waals surface area contributed by atoms with Crippen molar-refractivity contribution in [3.63, 3.8) is 0 Å². The van der Waals surface area contributed by atoms with Crippen molar-refractivity contribution in [1.82, 2.24) is 15.0 Å². The number of anilines is 2. The summed E-state index contributed by atoms with van der Waals surface area (Å²) in [4.78, 5) is 12.8. The molecule has 11 heteroatoms. The normalized spacial score (nSPS) is 23.5. The molecule has 6 N–H and O–H groups in total. The summed E-state index contributed by atoms with van der Waals surface area (Å²) in [5.74, 6) is 0.145. The van der Waals surface area contributed by atoms with E-state index in [9.17, 15) is 15.3 Å². The average Bonchev–Trinajstić information content (AvgIpc) is 3.24. The average molecular weight is 450 g/mol. The lowest BCUT2D eigenvalue weighted by Gasteiger charge is -2.20. The van der Waals surface area contributed by atoms with E-state index in [0.717, 1.165) is 11.1 Å². The molecule has 3 aromatic rings. The molecule has 3 heterocycles. The molecule has 31 heavy (non-hydrogen) atoms. The van der Waals surface area contributed by atoms with Gasteiger partial charge in [-0.15, -0.1) is 0 Å². The predicted molar refractivity (Wildman–Crippen MR) is 115 cm³/mol. The monoisotopic (exact) mass is 449 g/mol. The SMILES string of the molecule is COCc1cc2cc(-c3c(Cl)nc(N)nc3N[C@@H]3C[C@H](CO)[C@@H](O)[C@H]3O)oc2c(C)n1. The molecule has 0 aromatic carbocycles. The Balaban J connectivity index is 1.76. The number of nitrogens with one attached hydrogen (secondary N) is 1. The summed E-state index contributed by atoms with van der Waals surface area (Å²) in [6.45, 7) is 1.96. The van der Waals surface area contributed by atoms with Gasteiger partial charge in [0.05, 0.1) is 35.7 Å². The van der Waals surface area contributed by atoms with E-state index < -0.39 is 24.2 Å². The summed E-state index contributed by atoms with van der Waals surface area (Å²) in [5, 5.41) is 33.9. The molecule has 4 atom stereocenters. The number of hydrogen-bond acceptors (Lipinski definition) is 10. The van der Waals surface area contributed by atoms with Crippen LogP contribution in [0.2, 0.25) is 5.15 Å². The maximum atomic E-state index is 10.4. The molecular formula is C20H24ClN5O5. The molecule has 10 nitrogen and oxygen atoms in total. The zero-order valence-corrected chi connectivity index (χ0v) is 17.8. The number of hydrogen-bond donors (Lipinski definition) is 5. The van der Waals surface area contributed by atoms with Gasteiger partial charge in [0.25, 0.3) is 0 Å². The molecule has 0 spiro atoms. The second kappa shape index (κ2) is 8.56. The van der Waals surface area contributed by atoms with E-state index in [1.165, 1.54) is 0 Å². The number of fused-ring (bicyclic) bond motifs is 1. The molecule has 0 unspecified atom stereocenters. The van der Waals surface area contributed by atoms with Gasteiger partial charge in [0.2, 0.25) is 5.95 Å². The Morgan fingerprint density at radius 3 is 2.71 bits per heavy atom. The number of nitrogen functional groups attached to an aromatic ring is 1. The Kier molecular flexibility index (Phi) is 6.00. The molecule has 0 amide bonds. The van der Waals surface area contributed by atoms with E-state index in [1.54, 1.807) is 13.2 Å². The fourth-order valence-electron chi connectivity index (χ4n) is 4.01. The summed E-state index contributed by atoms with van der Waals surface area (Å²) >= 11 is 6.41. The zero-order valence-electron chi connectivity index (χ0n) is 17.0. The van der Waals surface area contributed by atoms with Crippen LogP contribution in [0.15, 0.2) is 16.5 Å². The zero-order chi connectivity index (χ0) is 22.3. The minimum Gasteiger partial charge on any atom is -0.454 e. The minimum atomic E-state index is -1.10. The van der Waals surface area contributed by atoms with Gasteiger partial charge < -0.3 is 35.5 Å². The van der Waals surface area contributed by atoms with Crippen molar-refractivity contribution in [1.29, 1.82) is 0 Å². The Morgan fingerprint density at radius 1 is 1.26 bits per heavy atom. The standard InChI is InChI=1S/C20H24ClN5O5/c1-8-17-9(3-11(23-8)7-30-2)5-13(31-17)14-18(21)25-20(22)26-19(14)24-12-4-10(6-27)15(28)16(12)29/h3,5,10,12,15-16,27-29H,4,6-7H2,1-2H3,(H3,22,24,25,26)/t10-,12-,15-,16+/m1/s1. The highest BCUT2D eigenvalue weighted by Crippen LogP contribution is 2.39. The molecule has 3 aromatic heterocycles. The first-order chi connectivity index (χ1) is 14.8. The molecular weight excluding hydrogens is 426 g/mol. The fraction of sp³-hybridized carbons (Fsp3) is 0.450. The lowest BCUT2D eigenvalue weighted by molar-refractivity contribution is 0.00446. The van der Waals surface area contributed by atoms with Gasteiger partial charge in [0.15, 0.2) is 5.58 Å². The van der Waals surface area contributed by atoms with Gasteiger partial charge in [-0.2, -0.15) is 4.98 Å². The van der Waals surface area contributed by atoms with Gasteiger partial charge in [0.1, 0.15) is 22.8 Å². The second-order valence-electron chi connectivity index (χ2n) is 7.67. The summed E-state index contributed by atoms with van der Waals surface area (Å²) in [6.07, 6.45) is -1.82. The van der Waals surface area contributed by atoms with E-state index in [1.807, 2.05) is 13.0 Å². The number of nitrogens with two attached hydrogens (primary N) is 1. The maximum Gasteiger partial charge on any atom is 0.223 e. The summed E-state index contributed by atoms with van der Waals surface area (Å²) in [7, 11) is 1.60. The topological polar surface area (TPSA) is 160 Å². The third kappa shape index (κ3) is 4.04. The quantitative estimate of drug-likeness (QED) is 0.349. The molecule has 1 saturated carbocycles. The van der Waals surface area contributed by atoms with Crippen molar-refractivity contribution >= 4 is 34.3 Å². The van der Waals surface area contributed by atoms with E-state index >= 15 is 0 Å². The number of rotatable bonds is 6. The smallest absolute Gasteiger partial charge is 0.223 e. The number of halogens is 1. The van der Waals surface area contributed by atoms with E-state index in [0.29, 0.717) is 35.6 Å². The van der Waals surface area contributed by atoms with Crippen LogP contribution in [0, 0.1) is 12.8 Å². The number of aryl methyl sites for hydroxylation is 1. The van der Waals surface area contributed by atoms with Crippen LogP contribution in [0.5, 0.6) is 0 Å². The third-order valence-electron chi connectivity index (χ3n) is 5.50. The summed E-state index contributed by atoms with van der Waals surface area (Å²) < 4.78 is 11.2. The second-order valence-corrected chi connectivity index (χ2v) is 8.03. The van der Waals surface area contributed by atoms with Crippen molar-refractivity contribution in [2.75, 3.05) is 24.8 Å². The molecule has 0 saturated heterocycles. The fourth-order valence-corrected chi connectivity index (χ4v) is 4.28. The van der Waals surface area contributed by atoms with Crippen LogP contribution in [0.4, 0.5) is 11.8 Å². The van der Waals surface area contributed by atoms with Crippen LogP contribution >= 0.6 is 11.6 Å². The number of ether oxygens (including phenoxy) is 1. The summed E-state index contributed by atoms with van der Waals surface area (Å²) in [6, 6.07) is 3.09. The largest absolute Gasteiger partial charge is 0.454 e. The first kappa shape index (κ1) is 21.7. The lowest BCUT2D eigenvalue weighted by atomic mass is 10.1. The number of aromatic nitrogens is 3. The van der Waals surface area contributed by atoms with Crippen LogP contribution < -0.4 is 11.1 Å². The maximum absolute atomic E-state index is 10.4. The Labute approximate surface area is 183 Å². The summed E-state index contributed by atoms with van der Waals surface area (Å²) in [5.41, 5.74) is 8.21. The molecule has 0 radical (unpaired) electrons. The van der Waals surface area contributed by atoms with Gasteiger partial charge in [0, 0.05) is 25.0 Å². The number of pyridine rings is 1. The van der Waals surface area contributed by atoms with Crippen LogP contribution in [0.1, 0.15) is 17.8 Å². The Morgan fingerprint density at radius 2 is 2.03 bits per heavy atom. The van der Waals surface area contributed by atoms with E-state index in [-0.39, 0.29) is 23.5 Å².